The third kappa shape index (κ3) is 16.2. The fourth-order valence-electron chi connectivity index (χ4n) is 0.829. The van der Waals surface area contributed by atoms with Crippen LogP contribution in [0.5, 0.6) is 0 Å². The summed E-state index contributed by atoms with van der Waals surface area (Å²) in [5, 5.41) is 35.8. The second-order valence-corrected chi connectivity index (χ2v) is 3.81. The summed E-state index contributed by atoms with van der Waals surface area (Å²) in [6.45, 7) is -0.109. The smallest absolute Gasteiger partial charge is 0.320 e. The molecule has 0 saturated carbocycles. The fraction of sp³-hybridized carbons (Fsp3) is 0.700. The molecule has 9 N–H and O–H groups in total. The van der Waals surface area contributed by atoms with Crippen LogP contribution in [0.15, 0.2) is 0 Å². The molecule has 0 aliphatic rings. The largest absolute Gasteiger partial charge is 0.481 e. The van der Waals surface area contributed by atoms with Crippen molar-refractivity contribution in [2.75, 3.05) is 19.7 Å². The molecule has 0 aliphatic carbocycles. The molecule has 118 valence electrons. The second kappa shape index (κ2) is 12.3. The fourth-order valence-corrected chi connectivity index (χ4v) is 0.829. The average Bonchev–Trinajstić information content (AvgIpc) is 2.35. The number of rotatable bonds is 9. The van der Waals surface area contributed by atoms with Gasteiger partial charge in [0.15, 0.2) is 0 Å². The first-order valence-electron chi connectivity index (χ1n) is 5.68. The number of aliphatic hydroxyl groups is 2. The van der Waals surface area contributed by atoms with Gasteiger partial charge in [0, 0.05) is 13.0 Å². The molecule has 0 aliphatic heterocycles. The Hall–Kier alpha value is -1.75. The molecule has 0 aromatic carbocycles. The van der Waals surface area contributed by atoms with Crippen molar-refractivity contribution in [3.8, 4) is 0 Å². The van der Waals surface area contributed by atoms with E-state index in [1.54, 1.807) is 0 Å². The number of amides is 1. The van der Waals surface area contributed by atoms with Gasteiger partial charge in [0.2, 0.25) is 5.91 Å². The number of hydrogen-bond acceptors (Lipinski definition) is 7. The van der Waals surface area contributed by atoms with E-state index in [9.17, 15) is 14.4 Å². The maximum absolute atomic E-state index is 10.1. The van der Waals surface area contributed by atoms with E-state index in [1.165, 1.54) is 0 Å². The summed E-state index contributed by atoms with van der Waals surface area (Å²) < 4.78 is 0. The van der Waals surface area contributed by atoms with E-state index in [0.29, 0.717) is 0 Å². The molecule has 0 fully saturated rings. The topological polar surface area (TPSA) is 196 Å². The van der Waals surface area contributed by atoms with Crippen LogP contribution in [0.2, 0.25) is 0 Å². The minimum atomic E-state index is -1.17. The minimum Gasteiger partial charge on any atom is -0.481 e. The standard InChI is InChI=1S/C5H12N2O3.C5H9NO4/c6-5(10)2-7-1-4(9)3-8;6-3(5(9)10)1-2-4(7)8/h4,7-9H,1-3H2,(H2,6,10);3H,1-2,6H2,(H,7,8)(H,9,10)/t;3-/m.0/s1. The Bertz CT molecular complexity index is 311. The molecule has 20 heavy (non-hydrogen) atoms. The van der Waals surface area contributed by atoms with Crippen LogP contribution in [0, 0.1) is 0 Å². The molecule has 0 radical (unpaired) electrons. The quantitative estimate of drug-likeness (QED) is 0.227. The number of carbonyl (C=O) groups is 3. The van der Waals surface area contributed by atoms with Gasteiger partial charge >= 0.3 is 11.9 Å². The number of aliphatic hydroxyl groups excluding tert-OH is 2. The summed E-state index contributed by atoms with van der Waals surface area (Å²) in [7, 11) is 0. The number of primary amides is 1. The first-order valence-corrected chi connectivity index (χ1v) is 5.68. The Kier molecular flexibility index (Phi) is 12.6. The van der Waals surface area contributed by atoms with Crippen LogP contribution in [-0.4, -0.2) is 70.1 Å². The van der Waals surface area contributed by atoms with Gasteiger partial charge < -0.3 is 37.2 Å². The number of carbonyl (C=O) groups excluding carboxylic acids is 1. The van der Waals surface area contributed by atoms with E-state index < -0.39 is 30.0 Å². The van der Waals surface area contributed by atoms with E-state index in [1.807, 2.05) is 0 Å². The van der Waals surface area contributed by atoms with E-state index in [0.717, 1.165) is 0 Å². The summed E-state index contributed by atoms with van der Waals surface area (Å²) in [5.74, 6) is -2.68. The van der Waals surface area contributed by atoms with Crippen molar-refractivity contribution in [3.63, 3.8) is 0 Å². The van der Waals surface area contributed by atoms with Gasteiger partial charge in [-0.25, -0.2) is 0 Å². The van der Waals surface area contributed by atoms with Crippen molar-refractivity contribution < 1.29 is 34.8 Å². The lowest BCUT2D eigenvalue weighted by molar-refractivity contribution is -0.139. The van der Waals surface area contributed by atoms with E-state index in [4.69, 9.17) is 31.9 Å². The molecule has 0 heterocycles. The molecule has 1 amide bonds. The molecular formula is C10H21N3O7. The van der Waals surface area contributed by atoms with Crippen LogP contribution in [0.25, 0.3) is 0 Å². The monoisotopic (exact) mass is 295 g/mol. The van der Waals surface area contributed by atoms with Gasteiger partial charge in [-0.05, 0) is 6.42 Å². The Morgan fingerprint density at radius 2 is 1.75 bits per heavy atom. The SMILES string of the molecule is NC(=O)CNCC(O)CO.N[C@@H](CCC(=O)O)C(=O)O. The summed E-state index contributed by atoms with van der Waals surface area (Å²) in [6.07, 6.45) is -1.04. The summed E-state index contributed by atoms with van der Waals surface area (Å²) in [5.41, 5.74) is 9.78. The van der Waals surface area contributed by atoms with Gasteiger partial charge in [0.05, 0.1) is 19.3 Å². The third-order valence-corrected chi connectivity index (χ3v) is 1.88. The highest BCUT2D eigenvalue weighted by molar-refractivity contribution is 5.75. The van der Waals surface area contributed by atoms with E-state index in [2.05, 4.69) is 5.32 Å². The van der Waals surface area contributed by atoms with Crippen LogP contribution < -0.4 is 16.8 Å². The highest BCUT2D eigenvalue weighted by Gasteiger charge is 2.12. The normalized spacial score (nSPS) is 12.8. The molecule has 0 aromatic rings. The predicted molar refractivity (Wildman–Crippen MR) is 67.6 cm³/mol. The molecule has 10 heteroatoms. The number of nitrogens with two attached hydrogens (primary N) is 2. The van der Waals surface area contributed by atoms with Crippen molar-refractivity contribution in [1.29, 1.82) is 0 Å². The van der Waals surface area contributed by atoms with Gasteiger partial charge in [-0.1, -0.05) is 0 Å². The number of carboxylic acid groups (broad SMARTS) is 2. The first-order chi connectivity index (χ1) is 9.20. The summed E-state index contributed by atoms with van der Waals surface area (Å²) in [6, 6.07) is -1.06. The number of carboxylic acids is 2. The maximum atomic E-state index is 10.1. The minimum absolute atomic E-state index is 0.0231. The Labute approximate surface area is 115 Å². The van der Waals surface area contributed by atoms with Crippen molar-refractivity contribution in [2.45, 2.75) is 25.0 Å². The summed E-state index contributed by atoms with van der Waals surface area (Å²) >= 11 is 0. The number of hydrogen-bond donors (Lipinski definition) is 7. The van der Waals surface area contributed by atoms with Crippen molar-refractivity contribution in [1.82, 2.24) is 5.32 Å². The highest BCUT2D eigenvalue weighted by Crippen LogP contribution is 1.93. The molecule has 2 atom stereocenters. The van der Waals surface area contributed by atoms with Crippen LogP contribution in [0.4, 0.5) is 0 Å². The lowest BCUT2D eigenvalue weighted by Crippen LogP contribution is -2.35. The van der Waals surface area contributed by atoms with Gasteiger partial charge in [-0.15, -0.1) is 0 Å². The summed E-state index contributed by atoms with van der Waals surface area (Å²) in [4.78, 5) is 30.0. The lowest BCUT2D eigenvalue weighted by atomic mass is 10.2. The van der Waals surface area contributed by atoms with Crippen molar-refractivity contribution in [2.24, 2.45) is 11.5 Å². The van der Waals surface area contributed by atoms with Gasteiger partial charge in [0.1, 0.15) is 6.04 Å². The molecule has 1 unspecified atom stereocenters. The van der Waals surface area contributed by atoms with Crippen molar-refractivity contribution in [3.05, 3.63) is 0 Å². The Morgan fingerprint density at radius 1 is 1.20 bits per heavy atom. The average molecular weight is 295 g/mol. The van der Waals surface area contributed by atoms with Gasteiger partial charge in [0.25, 0.3) is 0 Å². The zero-order chi connectivity index (χ0) is 16.1. The Morgan fingerprint density at radius 3 is 2.10 bits per heavy atom. The highest BCUT2D eigenvalue weighted by atomic mass is 16.4. The molecular weight excluding hydrogens is 274 g/mol. The third-order valence-electron chi connectivity index (χ3n) is 1.88. The molecule has 0 saturated heterocycles. The van der Waals surface area contributed by atoms with Gasteiger partial charge in [-0.2, -0.15) is 0 Å². The molecule has 0 bridgehead atoms. The molecule has 0 spiro atoms. The predicted octanol–water partition coefficient (Wildman–Crippen LogP) is -3.32. The molecule has 0 rings (SSSR count). The van der Waals surface area contributed by atoms with Crippen LogP contribution >= 0.6 is 0 Å². The van der Waals surface area contributed by atoms with E-state index in [-0.39, 0.29) is 32.5 Å². The number of aliphatic carboxylic acids is 2. The Balaban J connectivity index is 0. The van der Waals surface area contributed by atoms with Crippen LogP contribution in [-0.2, 0) is 14.4 Å². The second-order valence-electron chi connectivity index (χ2n) is 3.81. The van der Waals surface area contributed by atoms with Gasteiger partial charge in [-0.3, -0.25) is 14.4 Å². The zero-order valence-electron chi connectivity index (χ0n) is 10.9. The van der Waals surface area contributed by atoms with E-state index >= 15 is 0 Å². The zero-order valence-corrected chi connectivity index (χ0v) is 10.9. The van der Waals surface area contributed by atoms with Crippen LogP contribution in [0.1, 0.15) is 12.8 Å². The first kappa shape index (κ1) is 20.6. The lowest BCUT2D eigenvalue weighted by Gasteiger charge is -2.05. The maximum Gasteiger partial charge on any atom is 0.320 e. The molecule has 0 aromatic heterocycles. The molecule has 10 nitrogen and oxygen atoms in total. The van der Waals surface area contributed by atoms with Crippen molar-refractivity contribution >= 4 is 17.8 Å². The van der Waals surface area contributed by atoms with Crippen LogP contribution in [0.3, 0.4) is 0 Å². The number of nitrogens with one attached hydrogen (secondary N) is 1.